The lowest BCUT2D eigenvalue weighted by atomic mass is 9.85. The Balaban J connectivity index is 1.13. The summed E-state index contributed by atoms with van der Waals surface area (Å²) in [6, 6.07) is 86.9. The molecule has 0 fully saturated rings. The zero-order valence-corrected chi connectivity index (χ0v) is 33.5. The highest BCUT2D eigenvalue weighted by Crippen LogP contribution is 2.46. The van der Waals surface area contributed by atoms with Crippen LogP contribution in [-0.2, 0) is 0 Å². The molecule has 1 aromatic heterocycles. The second-order valence-electron chi connectivity index (χ2n) is 16.0. The molecule has 0 amide bonds. The zero-order valence-electron chi connectivity index (χ0n) is 33.5. The molecule has 61 heavy (non-hydrogen) atoms. The SMILES string of the molecule is c1ccc(-c2ccc(-c3ccccc3)n2-c2ccc3c(-c4ccc5ccccc5c4)c4ccccc4c(-c4ccc(-c5cc6ccccc6c6ccccc56)cc4)c3c2)cc1. The first-order valence-electron chi connectivity index (χ1n) is 21.1. The number of nitrogens with zero attached hydrogens (tertiary/aromatic N) is 1. The van der Waals surface area contributed by atoms with E-state index in [2.05, 4.69) is 241 Å². The molecule has 284 valence electrons. The van der Waals surface area contributed by atoms with Crippen molar-refractivity contribution in [1.29, 1.82) is 0 Å². The highest BCUT2D eigenvalue weighted by atomic mass is 15.0. The van der Waals surface area contributed by atoms with Crippen molar-refractivity contribution in [3.8, 4) is 61.6 Å². The lowest BCUT2D eigenvalue weighted by molar-refractivity contribution is 1.10. The van der Waals surface area contributed by atoms with Gasteiger partial charge >= 0.3 is 0 Å². The van der Waals surface area contributed by atoms with E-state index in [0.717, 1.165) is 17.1 Å². The highest BCUT2D eigenvalue weighted by molar-refractivity contribution is 6.22. The minimum absolute atomic E-state index is 1.12. The zero-order chi connectivity index (χ0) is 40.3. The molecule has 0 unspecified atom stereocenters. The van der Waals surface area contributed by atoms with Crippen LogP contribution in [0.4, 0.5) is 0 Å². The quantitative estimate of drug-likeness (QED) is 0.117. The van der Waals surface area contributed by atoms with E-state index in [1.165, 1.54) is 98.4 Å². The summed E-state index contributed by atoms with van der Waals surface area (Å²) in [6.45, 7) is 0. The van der Waals surface area contributed by atoms with E-state index in [1.54, 1.807) is 0 Å². The molecule has 12 rings (SSSR count). The van der Waals surface area contributed by atoms with Crippen molar-refractivity contribution in [3.63, 3.8) is 0 Å². The van der Waals surface area contributed by atoms with E-state index in [9.17, 15) is 0 Å². The molecule has 1 heterocycles. The van der Waals surface area contributed by atoms with Crippen LogP contribution in [0.15, 0.2) is 237 Å². The molecule has 0 radical (unpaired) electrons. The standard InChI is InChI=1S/C60H39N/c1-3-16-42(17-4-1)57-35-36-58(43-18-5-2-6-19-43)61(57)48-33-34-54-56(39-48)59(52-25-13-14-26-53(52)60(54)47-32-27-40-15-7-8-20-45(40)37-47)44-30-28-41(29-31-44)55-38-46-21-9-10-22-49(46)50-23-11-12-24-51(50)55/h1-39H. The second-order valence-corrected chi connectivity index (χ2v) is 16.0. The number of fused-ring (bicyclic) bond motifs is 6. The first kappa shape index (κ1) is 35.0. The Hall–Kier alpha value is -8.00. The van der Waals surface area contributed by atoms with Gasteiger partial charge in [-0.15, -0.1) is 0 Å². The summed E-state index contributed by atoms with van der Waals surface area (Å²) in [7, 11) is 0. The van der Waals surface area contributed by atoms with Crippen LogP contribution in [0.2, 0.25) is 0 Å². The molecule has 12 aromatic rings. The molecule has 0 aliphatic heterocycles. The maximum absolute atomic E-state index is 2.44. The first-order chi connectivity index (χ1) is 30.3. The fourth-order valence-corrected chi connectivity index (χ4v) is 9.77. The molecule has 1 heteroatoms. The predicted octanol–water partition coefficient (Wildman–Crippen LogP) is 16.6. The number of hydrogen-bond acceptors (Lipinski definition) is 0. The van der Waals surface area contributed by atoms with Crippen LogP contribution < -0.4 is 0 Å². The van der Waals surface area contributed by atoms with Crippen molar-refractivity contribution >= 4 is 53.9 Å². The molecule has 0 saturated carbocycles. The third-order valence-electron chi connectivity index (χ3n) is 12.6. The molecule has 0 spiro atoms. The van der Waals surface area contributed by atoms with Crippen molar-refractivity contribution in [3.05, 3.63) is 237 Å². The van der Waals surface area contributed by atoms with Crippen LogP contribution in [0.3, 0.4) is 0 Å². The Morgan fingerprint density at radius 3 is 1.39 bits per heavy atom. The fraction of sp³-hybridized carbons (Fsp3) is 0. The topological polar surface area (TPSA) is 4.93 Å². The van der Waals surface area contributed by atoms with Gasteiger partial charge in [0.15, 0.2) is 0 Å². The van der Waals surface area contributed by atoms with E-state index < -0.39 is 0 Å². The molecule has 11 aromatic carbocycles. The summed E-state index contributed by atoms with van der Waals surface area (Å²) in [6.07, 6.45) is 0. The number of benzene rings is 11. The molecule has 0 N–H and O–H groups in total. The van der Waals surface area contributed by atoms with Gasteiger partial charge in [0.1, 0.15) is 0 Å². The summed E-state index contributed by atoms with van der Waals surface area (Å²) in [5, 5.41) is 12.5. The summed E-state index contributed by atoms with van der Waals surface area (Å²) >= 11 is 0. The van der Waals surface area contributed by atoms with Gasteiger partial charge in [0.05, 0.1) is 11.4 Å². The van der Waals surface area contributed by atoms with Gasteiger partial charge in [-0.3, -0.25) is 0 Å². The van der Waals surface area contributed by atoms with E-state index in [-0.39, 0.29) is 0 Å². The summed E-state index contributed by atoms with van der Waals surface area (Å²) in [4.78, 5) is 0. The first-order valence-corrected chi connectivity index (χ1v) is 21.1. The molecular weight excluding hydrogens is 735 g/mol. The highest BCUT2D eigenvalue weighted by Gasteiger charge is 2.20. The Labute approximate surface area is 355 Å². The van der Waals surface area contributed by atoms with Gasteiger partial charge in [0, 0.05) is 5.69 Å². The van der Waals surface area contributed by atoms with Gasteiger partial charge in [-0.25, -0.2) is 0 Å². The van der Waals surface area contributed by atoms with Crippen LogP contribution in [0.5, 0.6) is 0 Å². The van der Waals surface area contributed by atoms with E-state index in [1.807, 2.05) is 0 Å². The molecule has 0 aliphatic rings. The van der Waals surface area contributed by atoms with Crippen LogP contribution in [-0.4, -0.2) is 4.57 Å². The van der Waals surface area contributed by atoms with Crippen LogP contribution in [0.25, 0.3) is 115 Å². The van der Waals surface area contributed by atoms with Crippen molar-refractivity contribution in [2.75, 3.05) is 0 Å². The van der Waals surface area contributed by atoms with Crippen molar-refractivity contribution in [2.45, 2.75) is 0 Å². The lowest BCUT2D eigenvalue weighted by Gasteiger charge is -2.21. The molecule has 0 aliphatic carbocycles. The summed E-state index contributed by atoms with van der Waals surface area (Å²) in [5.74, 6) is 0. The van der Waals surface area contributed by atoms with Crippen molar-refractivity contribution in [1.82, 2.24) is 4.57 Å². The molecule has 1 nitrogen and oxygen atoms in total. The monoisotopic (exact) mass is 773 g/mol. The average molecular weight is 774 g/mol. The van der Waals surface area contributed by atoms with Gasteiger partial charge in [-0.05, 0) is 135 Å². The smallest absolute Gasteiger partial charge is 0.0535 e. The third kappa shape index (κ3) is 5.86. The third-order valence-corrected chi connectivity index (χ3v) is 12.6. The Morgan fingerprint density at radius 1 is 0.230 bits per heavy atom. The molecule has 0 saturated heterocycles. The summed E-state index contributed by atoms with van der Waals surface area (Å²) in [5.41, 5.74) is 13.1. The van der Waals surface area contributed by atoms with Crippen molar-refractivity contribution in [2.24, 2.45) is 0 Å². The Bertz CT molecular complexity index is 3560. The summed E-state index contributed by atoms with van der Waals surface area (Å²) < 4.78 is 2.44. The molecular formula is C60H39N. The van der Waals surface area contributed by atoms with Gasteiger partial charge < -0.3 is 4.57 Å². The largest absolute Gasteiger partial charge is 0.309 e. The number of rotatable bonds is 6. The lowest BCUT2D eigenvalue weighted by Crippen LogP contribution is -2.00. The van der Waals surface area contributed by atoms with Gasteiger partial charge in [-0.1, -0.05) is 200 Å². The molecule has 0 bridgehead atoms. The normalized spacial score (nSPS) is 11.6. The van der Waals surface area contributed by atoms with Gasteiger partial charge in [0.2, 0.25) is 0 Å². The maximum atomic E-state index is 2.44. The number of hydrogen-bond donors (Lipinski definition) is 0. The van der Waals surface area contributed by atoms with E-state index >= 15 is 0 Å². The maximum Gasteiger partial charge on any atom is 0.0535 e. The van der Waals surface area contributed by atoms with Crippen LogP contribution >= 0.6 is 0 Å². The Morgan fingerprint density at radius 2 is 0.721 bits per heavy atom. The minimum atomic E-state index is 1.12. The average Bonchev–Trinajstić information content (AvgIpc) is 3.79. The number of aromatic nitrogens is 1. The van der Waals surface area contributed by atoms with E-state index in [0.29, 0.717) is 0 Å². The van der Waals surface area contributed by atoms with Gasteiger partial charge in [-0.2, -0.15) is 0 Å². The fourth-order valence-electron chi connectivity index (χ4n) is 9.77. The Kier molecular flexibility index (Phi) is 8.25. The van der Waals surface area contributed by atoms with Crippen LogP contribution in [0.1, 0.15) is 0 Å². The van der Waals surface area contributed by atoms with Crippen LogP contribution in [0, 0.1) is 0 Å². The molecule has 0 atom stereocenters. The van der Waals surface area contributed by atoms with Gasteiger partial charge in [0.25, 0.3) is 0 Å². The van der Waals surface area contributed by atoms with E-state index in [4.69, 9.17) is 0 Å². The van der Waals surface area contributed by atoms with Crippen molar-refractivity contribution < 1.29 is 0 Å². The second kappa shape index (κ2) is 14.4. The predicted molar refractivity (Wildman–Crippen MR) is 260 cm³/mol. The minimum Gasteiger partial charge on any atom is -0.309 e.